The van der Waals surface area contributed by atoms with Crippen molar-refractivity contribution in [2.24, 2.45) is 0 Å². The van der Waals surface area contributed by atoms with Crippen LogP contribution >= 0.6 is 11.6 Å². The molecule has 0 aliphatic rings. The molecule has 0 bridgehead atoms. The van der Waals surface area contributed by atoms with E-state index in [4.69, 9.17) is 20.8 Å². The minimum absolute atomic E-state index is 0.289. The Hall–Kier alpha value is -2.46. The second kappa shape index (κ2) is 5.97. The maximum Gasteiger partial charge on any atom is 0.291 e. The van der Waals surface area contributed by atoms with E-state index in [9.17, 15) is 4.79 Å². The van der Waals surface area contributed by atoms with Gasteiger partial charge in [0.1, 0.15) is 11.3 Å². The minimum atomic E-state index is -0.289. The van der Waals surface area contributed by atoms with Crippen molar-refractivity contribution in [3.8, 4) is 5.75 Å². The van der Waals surface area contributed by atoms with Gasteiger partial charge in [-0.15, -0.1) is 0 Å². The van der Waals surface area contributed by atoms with Crippen LogP contribution in [0.1, 0.15) is 21.7 Å². The quantitative estimate of drug-likeness (QED) is 0.738. The predicted molar refractivity (Wildman–Crippen MR) is 91.6 cm³/mol. The Bertz CT molecular complexity index is 899. The Morgan fingerprint density at radius 1 is 1.17 bits per heavy atom. The molecule has 118 valence electrons. The number of hydrogen-bond acceptors (Lipinski definition) is 3. The zero-order valence-electron chi connectivity index (χ0n) is 13.1. The van der Waals surface area contributed by atoms with E-state index in [1.807, 2.05) is 19.9 Å². The smallest absolute Gasteiger partial charge is 0.291 e. The van der Waals surface area contributed by atoms with Gasteiger partial charge in [0.2, 0.25) is 0 Å². The second-order valence-corrected chi connectivity index (χ2v) is 5.77. The fourth-order valence-corrected chi connectivity index (χ4v) is 2.72. The van der Waals surface area contributed by atoms with Gasteiger partial charge in [-0.25, -0.2) is 0 Å². The van der Waals surface area contributed by atoms with Gasteiger partial charge in [0.05, 0.1) is 7.11 Å². The van der Waals surface area contributed by atoms with Crippen LogP contribution in [-0.2, 0) is 0 Å². The van der Waals surface area contributed by atoms with E-state index in [-0.39, 0.29) is 5.91 Å². The summed E-state index contributed by atoms with van der Waals surface area (Å²) in [5.41, 5.74) is 3.03. The van der Waals surface area contributed by atoms with Gasteiger partial charge >= 0.3 is 0 Å². The van der Waals surface area contributed by atoms with E-state index in [0.29, 0.717) is 22.1 Å². The molecule has 0 saturated heterocycles. The number of halogens is 1. The number of aryl methyl sites for hydroxylation is 2. The lowest BCUT2D eigenvalue weighted by Gasteiger charge is -2.07. The van der Waals surface area contributed by atoms with Gasteiger partial charge < -0.3 is 14.5 Å². The molecule has 0 saturated carbocycles. The van der Waals surface area contributed by atoms with Crippen LogP contribution in [0.15, 0.2) is 40.8 Å². The molecular formula is C18H16ClNO3. The number of anilines is 1. The minimum Gasteiger partial charge on any atom is -0.497 e. The van der Waals surface area contributed by atoms with E-state index in [1.165, 1.54) is 0 Å². The second-order valence-electron chi connectivity index (χ2n) is 5.33. The normalized spacial score (nSPS) is 10.8. The van der Waals surface area contributed by atoms with Crippen molar-refractivity contribution in [3.05, 3.63) is 58.3 Å². The van der Waals surface area contributed by atoms with Crippen molar-refractivity contribution >= 4 is 34.2 Å². The predicted octanol–water partition coefficient (Wildman–Crippen LogP) is 4.96. The zero-order chi connectivity index (χ0) is 16.6. The molecular weight excluding hydrogens is 314 g/mol. The molecule has 3 rings (SSSR count). The van der Waals surface area contributed by atoms with Crippen LogP contribution < -0.4 is 10.1 Å². The van der Waals surface area contributed by atoms with Gasteiger partial charge in [0.25, 0.3) is 5.91 Å². The van der Waals surface area contributed by atoms with Crippen LogP contribution in [0.3, 0.4) is 0 Å². The molecule has 2 aromatic carbocycles. The first-order valence-electron chi connectivity index (χ1n) is 7.14. The molecule has 4 nitrogen and oxygen atoms in total. The first kappa shape index (κ1) is 15.4. The molecule has 1 amide bonds. The summed E-state index contributed by atoms with van der Waals surface area (Å²) < 4.78 is 10.9. The highest BCUT2D eigenvalue weighted by molar-refractivity contribution is 6.30. The number of carbonyl (C=O) groups excluding carboxylic acids is 1. The topological polar surface area (TPSA) is 51.5 Å². The van der Waals surface area contributed by atoms with Gasteiger partial charge in [-0.3, -0.25) is 4.79 Å². The highest BCUT2D eigenvalue weighted by Gasteiger charge is 2.18. The molecule has 0 aliphatic heterocycles. The number of rotatable bonds is 3. The highest BCUT2D eigenvalue weighted by atomic mass is 35.5. The van der Waals surface area contributed by atoms with E-state index in [1.54, 1.807) is 37.4 Å². The van der Waals surface area contributed by atoms with Crippen molar-refractivity contribution in [2.75, 3.05) is 12.4 Å². The lowest BCUT2D eigenvalue weighted by Crippen LogP contribution is -2.12. The van der Waals surface area contributed by atoms with Gasteiger partial charge in [-0.1, -0.05) is 11.6 Å². The number of hydrogen-bond donors (Lipinski definition) is 1. The molecule has 0 aliphatic carbocycles. The number of furan rings is 1. The third-order valence-corrected chi connectivity index (χ3v) is 4.02. The summed E-state index contributed by atoms with van der Waals surface area (Å²) >= 11 is 5.93. The summed E-state index contributed by atoms with van der Waals surface area (Å²) in [6.07, 6.45) is 0. The third-order valence-electron chi connectivity index (χ3n) is 3.79. The molecule has 1 N–H and O–H groups in total. The van der Waals surface area contributed by atoms with Gasteiger partial charge in [0, 0.05) is 21.7 Å². The SMILES string of the molecule is COc1ccc2oc(C(=O)Nc3ccc(Cl)cc3C)c(C)c2c1. The van der Waals surface area contributed by atoms with E-state index < -0.39 is 0 Å². The molecule has 3 aromatic rings. The van der Waals surface area contributed by atoms with E-state index in [2.05, 4.69) is 5.32 Å². The maximum absolute atomic E-state index is 12.5. The number of carbonyl (C=O) groups is 1. The summed E-state index contributed by atoms with van der Waals surface area (Å²) in [4.78, 5) is 12.5. The number of benzene rings is 2. The summed E-state index contributed by atoms with van der Waals surface area (Å²) in [5.74, 6) is 0.729. The number of methoxy groups -OCH3 is 1. The average Bonchev–Trinajstić information content (AvgIpc) is 2.86. The van der Waals surface area contributed by atoms with E-state index >= 15 is 0 Å². The van der Waals surface area contributed by atoms with Crippen LogP contribution in [0.2, 0.25) is 5.02 Å². The molecule has 0 fully saturated rings. The Morgan fingerprint density at radius 3 is 2.65 bits per heavy atom. The fraction of sp³-hybridized carbons (Fsp3) is 0.167. The molecule has 0 unspecified atom stereocenters. The summed E-state index contributed by atoms with van der Waals surface area (Å²) in [7, 11) is 1.60. The fourth-order valence-electron chi connectivity index (χ4n) is 2.49. The lowest BCUT2D eigenvalue weighted by atomic mass is 10.1. The molecule has 0 spiro atoms. The zero-order valence-corrected chi connectivity index (χ0v) is 13.8. The molecule has 0 radical (unpaired) electrons. The van der Waals surface area contributed by atoms with Crippen LogP contribution in [0.5, 0.6) is 5.75 Å². The van der Waals surface area contributed by atoms with Crippen molar-refractivity contribution in [3.63, 3.8) is 0 Å². The van der Waals surface area contributed by atoms with Crippen molar-refractivity contribution < 1.29 is 13.9 Å². The molecule has 1 heterocycles. The lowest BCUT2D eigenvalue weighted by molar-refractivity contribution is 0.0998. The number of ether oxygens (including phenoxy) is 1. The van der Waals surface area contributed by atoms with Crippen LogP contribution in [-0.4, -0.2) is 13.0 Å². The van der Waals surface area contributed by atoms with Gasteiger partial charge in [-0.2, -0.15) is 0 Å². The number of amides is 1. The Morgan fingerprint density at radius 2 is 1.96 bits per heavy atom. The number of nitrogens with one attached hydrogen (secondary N) is 1. The van der Waals surface area contributed by atoms with Crippen molar-refractivity contribution in [1.82, 2.24) is 0 Å². The Balaban J connectivity index is 1.96. The standard InChI is InChI=1S/C18H16ClNO3/c1-10-8-12(19)4-6-15(10)20-18(21)17-11(2)14-9-13(22-3)5-7-16(14)23-17/h4-9H,1-3H3,(H,20,21). The molecule has 1 aromatic heterocycles. The molecule has 5 heteroatoms. The van der Waals surface area contributed by atoms with E-state index in [0.717, 1.165) is 22.3 Å². The largest absolute Gasteiger partial charge is 0.497 e. The van der Waals surface area contributed by atoms with Crippen molar-refractivity contribution in [2.45, 2.75) is 13.8 Å². The third kappa shape index (κ3) is 2.90. The maximum atomic E-state index is 12.5. The van der Waals surface area contributed by atoms with Crippen LogP contribution in [0.4, 0.5) is 5.69 Å². The monoisotopic (exact) mass is 329 g/mol. The molecule has 23 heavy (non-hydrogen) atoms. The summed E-state index contributed by atoms with van der Waals surface area (Å²) in [5, 5.41) is 4.36. The Kier molecular flexibility index (Phi) is 4.01. The first-order chi connectivity index (χ1) is 11.0. The van der Waals surface area contributed by atoms with Crippen LogP contribution in [0.25, 0.3) is 11.0 Å². The highest BCUT2D eigenvalue weighted by Crippen LogP contribution is 2.29. The van der Waals surface area contributed by atoms with Crippen molar-refractivity contribution in [1.29, 1.82) is 0 Å². The average molecular weight is 330 g/mol. The van der Waals surface area contributed by atoms with Gasteiger partial charge in [0.15, 0.2) is 5.76 Å². The summed E-state index contributed by atoms with van der Waals surface area (Å²) in [6.45, 7) is 3.74. The van der Waals surface area contributed by atoms with Gasteiger partial charge in [-0.05, 0) is 55.8 Å². The molecule has 0 atom stereocenters. The van der Waals surface area contributed by atoms with Crippen LogP contribution in [0, 0.1) is 13.8 Å². The Labute approximate surface area is 139 Å². The number of fused-ring (bicyclic) bond motifs is 1. The summed E-state index contributed by atoms with van der Waals surface area (Å²) in [6, 6.07) is 10.8. The first-order valence-corrected chi connectivity index (χ1v) is 7.52.